The lowest BCUT2D eigenvalue weighted by molar-refractivity contribution is -0.169. The summed E-state index contributed by atoms with van der Waals surface area (Å²) in [5.74, 6) is 0.294. The third-order valence-corrected chi connectivity index (χ3v) is 7.74. The first-order valence-electron chi connectivity index (χ1n) is 12.9. The quantitative estimate of drug-likeness (QED) is 0.472. The van der Waals surface area contributed by atoms with Gasteiger partial charge in [-0.05, 0) is 70.3 Å². The molecule has 2 aromatic carbocycles. The van der Waals surface area contributed by atoms with Crippen LogP contribution in [0.2, 0.25) is 0 Å². The number of alkyl halides is 3. The van der Waals surface area contributed by atoms with E-state index in [-0.39, 0.29) is 18.5 Å². The van der Waals surface area contributed by atoms with Gasteiger partial charge in [-0.2, -0.15) is 18.2 Å². The Bertz CT molecular complexity index is 1340. The predicted molar refractivity (Wildman–Crippen MR) is 142 cm³/mol. The first-order valence-corrected chi connectivity index (χ1v) is 12.9. The molecule has 2 aliphatic rings. The molecule has 1 N–H and O–H groups in total. The molecule has 1 aromatic heterocycles. The van der Waals surface area contributed by atoms with Gasteiger partial charge in [0, 0.05) is 30.4 Å². The van der Waals surface area contributed by atoms with Crippen LogP contribution in [0.1, 0.15) is 50.9 Å². The Balaban J connectivity index is 1.26. The van der Waals surface area contributed by atoms with Gasteiger partial charge in [-0.25, -0.2) is 4.68 Å². The molecule has 3 aromatic rings. The van der Waals surface area contributed by atoms with Crippen molar-refractivity contribution in [1.29, 1.82) is 0 Å². The number of aromatic nitrogens is 3. The highest BCUT2D eigenvalue weighted by Crippen LogP contribution is 2.37. The van der Waals surface area contributed by atoms with Gasteiger partial charge in [-0.1, -0.05) is 24.3 Å². The largest absolute Gasteiger partial charge is 0.494 e. The third-order valence-electron chi connectivity index (χ3n) is 7.74. The van der Waals surface area contributed by atoms with Crippen molar-refractivity contribution in [2.24, 2.45) is 7.05 Å². The molecule has 12 heteroatoms. The van der Waals surface area contributed by atoms with Gasteiger partial charge in [-0.3, -0.25) is 4.79 Å². The zero-order chi connectivity index (χ0) is 28.2. The number of rotatable bonds is 5. The van der Waals surface area contributed by atoms with E-state index in [0.29, 0.717) is 23.8 Å². The molecular formula is C27H31BF3N5O3. The summed E-state index contributed by atoms with van der Waals surface area (Å²) in [4.78, 5) is 18.2. The Morgan fingerprint density at radius 3 is 2.23 bits per heavy atom. The van der Waals surface area contributed by atoms with E-state index in [1.54, 1.807) is 23.9 Å². The van der Waals surface area contributed by atoms with Crippen LogP contribution in [-0.2, 0) is 16.4 Å². The lowest BCUT2D eigenvalue weighted by atomic mass is 9.79. The highest BCUT2D eigenvalue weighted by Gasteiger charge is 2.51. The van der Waals surface area contributed by atoms with Gasteiger partial charge in [0.05, 0.1) is 11.2 Å². The maximum absolute atomic E-state index is 13.3. The van der Waals surface area contributed by atoms with Crippen molar-refractivity contribution in [2.75, 3.05) is 11.9 Å². The highest BCUT2D eigenvalue weighted by molar-refractivity contribution is 6.62. The summed E-state index contributed by atoms with van der Waals surface area (Å²) in [5, 5.41) is 7.68. The molecule has 0 aliphatic carbocycles. The number of carbonyl (C=O) groups is 1. The molecule has 0 unspecified atom stereocenters. The van der Waals surface area contributed by atoms with Crippen molar-refractivity contribution in [3.05, 3.63) is 54.1 Å². The number of hydrogen-bond donors (Lipinski definition) is 1. The fourth-order valence-electron chi connectivity index (χ4n) is 4.73. The van der Waals surface area contributed by atoms with Gasteiger partial charge in [-0.15, -0.1) is 5.10 Å². The molecule has 2 aliphatic heterocycles. The second-order valence-corrected chi connectivity index (χ2v) is 11.0. The van der Waals surface area contributed by atoms with Crippen molar-refractivity contribution in [3.63, 3.8) is 0 Å². The fraction of sp³-hybridized carbons (Fsp3) is 0.444. The number of benzene rings is 2. The normalized spacial score (nSPS) is 20.5. The number of nitrogens with zero attached hydrogens (tertiary/aromatic N) is 4. The number of amides is 1. The Hall–Kier alpha value is -3.38. The van der Waals surface area contributed by atoms with Crippen LogP contribution in [0.4, 0.5) is 24.8 Å². The molecule has 1 atom stereocenters. The van der Waals surface area contributed by atoms with Crippen molar-refractivity contribution in [3.8, 4) is 11.4 Å². The predicted octanol–water partition coefficient (Wildman–Crippen LogP) is 4.69. The maximum Gasteiger partial charge on any atom is 0.494 e. The number of carbonyl (C=O) groups excluding carboxylic acids is 1. The minimum atomic E-state index is -4.43. The fourth-order valence-corrected chi connectivity index (χ4v) is 4.73. The molecule has 8 nitrogen and oxygen atoms in total. The molecular weight excluding hydrogens is 510 g/mol. The number of likely N-dealkylation sites (tertiary alicyclic amines) is 1. The Kier molecular flexibility index (Phi) is 6.75. The molecule has 206 valence electrons. The van der Waals surface area contributed by atoms with Crippen LogP contribution in [0.15, 0.2) is 48.5 Å². The van der Waals surface area contributed by atoms with Crippen molar-refractivity contribution in [1.82, 2.24) is 19.7 Å². The van der Waals surface area contributed by atoms with Crippen molar-refractivity contribution < 1.29 is 27.3 Å². The van der Waals surface area contributed by atoms with Crippen LogP contribution in [0.25, 0.3) is 11.4 Å². The SMILES string of the molecule is Cn1nc(-c2ccc(C(=O)N3CCC[C@H]3C(F)(F)F)cc2)nc1Nc1ccc(B2OC(C)(C)C(C)(C)O2)cc1. The summed E-state index contributed by atoms with van der Waals surface area (Å²) in [6.45, 7) is 8.14. The summed E-state index contributed by atoms with van der Waals surface area (Å²) in [6.07, 6.45) is -4.16. The topological polar surface area (TPSA) is 81.5 Å². The molecule has 0 radical (unpaired) electrons. The lowest BCUT2D eigenvalue weighted by Gasteiger charge is -2.32. The molecule has 2 saturated heterocycles. The molecule has 5 rings (SSSR count). The van der Waals surface area contributed by atoms with Gasteiger partial charge in [0.25, 0.3) is 5.91 Å². The van der Waals surface area contributed by atoms with E-state index in [1.165, 1.54) is 12.1 Å². The lowest BCUT2D eigenvalue weighted by Crippen LogP contribution is -2.44. The van der Waals surface area contributed by atoms with Crippen LogP contribution in [0, 0.1) is 0 Å². The third kappa shape index (κ3) is 5.27. The summed E-state index contributed by atoms with van der Waals surface area (Å²) in [7, 11) is 1.30. The summed E-state index contributed by atoms with van der Waals surface area (Å²) in [6, 6.07) is 12.3. The zero-order valence-electron chi connectivity index (χ0n) is 22.5. The van der Waals surface area contributed by atoms with Crippen molar-refractivity contribution in [2.45, 2.75) is 64.0 Å². The van der Waals surface area contributed by atoms with Crippen LogP contribution < -0.4 is 10.8 Å². The van der Waals surface area contributed by atoms with Gasteiger partial charge < -0.3 is 19.5 Å². The molecule has 3 heterocycles. The van der Waals surface area contributed by atoms with E-state index in [1.807, 2.05) is 52.0 Å². The molecule has 0 saturated carbocycles. The average Bonchev–Trinajstić information content (AvgIpc) is 3.56. The smallest absolute Gasteiger partial charge is 0.399 e. The van der Waals surface area contributed by atoms with E-state index in [0.717, 1.165) is 16.1 Å². The average molecular weight is 541 g/mol. The number of hydrogen-bond acceptors (Lipinski definition) is 6. The van der Waals surface area contributed by atoms with Gasteiger partial charge in [0.1, 0.15) is 6.04 Å². The van der Waals surface area contributed by atoms with E-state index in [2.05, 4.69) is 15.4 Å². The summed E-state index contributed by atoms with van der Waals surface area (Å²) < 4.78 is 53.7. The zero-order valence-corrected chi connectivity index (χ0v) is 22.5. The molecule has 0 bridgehead atoms. The molecule has 2 fully saturated rings. The van der Waals surface area contributed by atoms with Crippen LogP contribution in [0.3, 0.4) is 0 Å². The number of halogens is 3. The van der Waals surface area contributed by atoms with Gasteiger partial charge in [0.2, 0.25) is 5.95 Å². The monoisotopic (exact) mass is 541 g/mol. The van der Waals surface area contributed by atoms with Gasteiger partial charge >= 0.3 is 13.3 Å². The van der Waals surface area contributed by atoms with E-state index >= 15 is 0 Å². The van der Waals surface area contributed by atoms with Crippen LogP contribution >= 0.6 is 0 Å². The summed E-state index contributed by atoms with van der Waals surface area (Å²) in [5.41, 5.74) is 1.70. The molecule has 1 amide bonds. The standard InChI is InChI=1S/C27H31BF3N5O3/c1-25(2)26(3,4)39-28(38-25)19-12-14-20(15-13-19)32-24-33-22(34-35(24)5)17-8-10-18(11-9-17)23(37)36-16-6-7-21(36)27(29,30)31/h8-15,21H,6-7,16H2,1-5H3,(H,32,33,34)/t21-/m0/s1. The van der Waals surface area contributed by atoms with Crippen molar-refractivity contribution >= 4 is 30.1 Å². The number of nitrogens with one attached hydrogen (secondary N) is 1. The second kappa shape index (κ2) is 9.67. The van der Waals surface area contributed by atoms with E-state index in [9.17, 15) is 18.0 Å². The molecule has 39 heavy (non-hydrogen) atoms. The van der Waals surface area contributed by atoms with Crippen LogP contribution in [-0.4, -0.2) is 62.7 Å². The molecule has 0 spiro atoms. The Morgan fingerprint density at radius 1 is 1.03 bits per heavy atom. The van der Waals surface area contributed by atoms with Gasteiger partial charge in [0.15, 0.2) is 5.82 Å². The summed E-state index contributed by atoms with van der Waals surface area (Å²) >= 11 is 0. The first-order chi connectivity index (χ1) is 18.2. The number of anilines is 2. The highest BCUT2D eigenvalue weighted by atomic mass is 19.4. The van der Waals surface area contributed by atoms with E-state index < -0.39 is 36.4 Å². The number of aryl methyl sites for hydroxylation is 1. The Morgan fingerprint density at radius 2 is 1.64 bits per heavy atom. The minimum absolute atomic E-state index is 0.0673. The second-order valence-electron chi connectivity index (χ2n) is 11.0. The van der Waals surface area contributed by atoms with E-state index in [4.69, 9.17) is 9.31 Å². The maximum atomic E-state index is 13.3. The minimum Gasteiger partial charge on any atom is -0.399 e. The Labute approximate surface area is 225 Å². The first kappa shape index (κ1) is 27.2. The van der Waals surface area contributed by atoms with Crippen LogP contribution in [0.5, 0.6) is 0 Å².